The predicted molar refractivity (Wildman–Crippen MR) is 61.9 cm³/mol. The van der Waals surface area contributed by atoms with Crippen molar-refractivity contribution in [3.63, 3.8) is 0 Å². The minimum absolute atomic E-state index is 0.190. The highest BCUT2D eigenvalue weighted by Gasteiger charge is 2.30. The second-order valence-electron chi connectivity index (χ2n) is 4.62. The molecule has 0 saturated carbocycles. The molecule has 2 unspecified atom stereocenters. The lowest BCUT2D eigenvalue weighted by Crippen LogP contribution is -2.29. The Morgan fingerprint density at radius 1 is 1.22 bits per heavy atom. The molecule has 2 atom stereocenters. The van der Waals surface area contributed by atoms with Crippen LogP contribution in [0.3, 0.4) is 0 Å². The monoisotopic (exact) mass is 259 g/mol. The SMILES string of the molecule is NC(c1ccc(C(F)(F)F)cc1)C1CCCOC1. The smallest absolute Gasteiger partial charge is 0.381 e. The Morgan fingerprint density at radius 3 is 2.39 bits per heavy atom. The quantitative estimate of drug-likeness (QED) is 0.885. The molecule has 0 bridgehead atoms. The van der Waals surface area contributed by atoms with E-state index >= 15 is 0 Å². The second kappa shape index (κ2) is 5.28. The first kappa shape index (κ1) is 13.4. The summed E-state index contributed by atoms with van der Waals surface area (Å²) in [5.41, 5.74) is 6.16. The van der Waals surface area contributed by atoms with Crippen molar-refractivity contribution in [1.82, 2.24) is 0 Å². The fraction of sp³-hybridized carbons (Fsp3) is 0.538. The molecule has 2 rings (SSSR count). The molecule has 18 heavy (non-hydrogen) atoms. The van der Waals surface area contributed by atoms with E-state index < -0.39 is 11.7 Å². The van der Waals surface area contributed by atoms with E-state index in [1.54, 1.807) is 0 Å². The molecule has 1 saturated heterocycles. The van der Waals surface area contributed by atoms with Gasteiger partial charge in [-0.2, -0.15) is 13.2 Å². The van der Waals surface area contributed by atoms with Crippen LogP contribution in [0.4, 0.5) is 13.2 Å². The molecule has 2 nitrogen and oxygen atoms in total. The summed E-state index contributed by atoms with van der Waals surface area (Å²) in [4.78, 5) is 0. The first-order chi connectivity index (χ1) is 8.48. The maximum absolute atomic E-state index is 12.4. The Kier molecular flexibility index (Phi) is 3.92. The molecule has 1 fully saturated rings. The molecule has 1 heterocycles. The van der Waals surface area contributed by atoms with Gasteiger partial charge in [0.15, 0.2) is 0 Å². The van der Waals surface area contributed by atoms with Gasteiger partial charge in [-0.15, -0.1) is 0 Å². The molecule has 0 amide bonds. The summed E-state index contributed by atoms with van der Waals surface area (Å²) in [6.45, 7) is 1.33. The van der Waals surface area contributed by atoms with E-state index in [4.69, 9.17) is 10.5 Å². The number of hydrogen-bond acceptors (Lipinski definition) is 2. The van der Waals surface area contributed by atoms with Crippen LogP contribution in [0, 0.1) is 5.92 Å². The maximum Gasteiger partial charge on any atom is 0.416 e. The third-order valence-electron chi connectivity index (χ3n) is 3.33. The van der Waals surface area contributed by atoms with Gasteiger partial charge in [-0.3, -0.25) is 0 Å². The summed E-state index contributed by atoms with van der Waals surface area (Å²) in [6.07, 6.45) is -2.38. The molecule has 1 aliphatic rings. The summed E-state index contributed by atoms with van der Waals surface area (Å²) >= 11 is 0. The minimum atomic E-state index is -4.30. The summed E-state index contributed by atoms with van der Waals surface area (Å²) in [7, 11) is 0. The molecule has 2 N–H and O–H groups in total. The zero-order chi connectivity index (χ0) is 13.2. The summed E-state index contributed by atoms with van der Waals surface area (Å²) < 4.78 is 42.6. The van der Waals surface area contributed by atoms with Crippen LogP contribution in [0.15, 0.2) is 24.3 Å². The number of hydrogen-bond donors (Lipinski definition) is 1. The first-order valence-electron chi connectivity index (χ1n) is 5.99. The number of halogens is 3. The van der Waals surface area contributed by atoms with E-state index in [9.17, 15) is 13.2 Å². The molecule has 0 spiro atoms. The molecule has 1 aromatic rings. The second-order valence-corrected chi connectivity index (χ2v) is 4.62. The van der Waals surface area contributed by atoms with Crippen LogP contribution in [0.25, 0.3) is 0 Å². The standard InChI is InChI=1S/C13H16F3NO/c14-13(15,16)11-5-3-9(4-6-11)12(17)10-2-1-7-18-8-10/h3-6,10,12H,1-2,7-8,17H2. The van der Waals surface area contributed by atoms with E-state index in [0.29, 0.717) is 6.61 Å². The third-order valence-corrected chi connectivity index (χ3v) is 3.33. The Hall–Kier alpha value is -1.07. The molecule has 0 aliphatic carbocycles. The first-order valence-corrected chi connectivity index (χ1v) is 5.99. The molecular formula is C13H16F3NO. The fourth-order valence-electron chi connectivity index (χ4n) is 2.22. The zero-order valence-electron chi connectivity index (χ0n) is 9.91. The van der Waals surface area contributed by atoms with Crippen LogP contribution in [-0.2, 0) is 10.9 Å². The molecule has 0 radical (unpaired) electrons. The molecular weight excluding hydrogens is 243 g/mol. The molecule has 0 aromatic heterocycles. The van der Waals surface area contributed by atoms with Crippen molar-refractivity contribution in [3.05, 3.63) is 35.4 Å². The summed E-state index contributed by atoms with van der Waals surface area (Å²) in [6, 6.07) is 4.83. The van der Waals surface area contributed by atoms with Gasteiger partial charge in [-0.1, -0.05) is 12.1 Å². The van der Waals surface area contributed by atoms with Crippen molar-refractivity contribution in [1.29, 1.82) is 0 Å². The van der Waals surface area contributed by atoms with Crippen LogP contribution in [0.1, 0.15) is 30.0 Å². The topological polar surface area (TPSA) is 35.2 Å². The molecule has 1 aliphatic heterocycles. The van der Waals surface area contributed by atoms with Crippen LogP contribution in [-0.4, -0.2) is 13.2 Å². The Bertz CT molecular complexity index is 382. The fourth-order valence-corrected chi connectivity index (χ4v) is 2.22. The number of alkyl halides is 3. The average molecular weight is 259 g/mol. The van der Waals surface area contributed by atoms with E-state index in [1.807, 2.05) is 0 Å². The normalized spacial score (nSPS) is 22.8. The van der Waals surface area contributed by atoms with Gasteiger partial charge in [0.05, 0.1) is 12.2 Å². The number of benzene rings is 1. The Labute approximate surface area is 104 Å². The van der Waals surface area contributed by atoms with Gasteiger partial charge in [0.1, 0.15) is 0 Å². The van der Waals surface area contributed by atoms with Crippen molar-refractivity contribution >= 4 is 0 Å². The largest absolute Gasteiger partial charge is 0.416 e. The highest BCUT2D eigenvalue weighted by atomic mass is 19.4. The highest BCUT2D eigenvalue weighted by molar-refractivity contribution is 5.27. The van der Waals surface area contributed by atoms with Gasteiger partial charge < -0.3 is 10.5 Å². The van der Waals surface area contributed by atoms with E-state index in [2.05, 4.69) is 0 Å². The van der Waals surface area contributed by atoms with Crippen LogP contribution in [0.5, 0.6) is 0 Å². The summed E-state index contributed by atoms with van der Waals surface area (Å²) in [5.74, 6) is 0.190. The zero-order valence-corrected chi connectivity index (χ0v) is 9.91. The van der Waals surface area contributed by atoms with Crippen molar-refractivity contribution < 1.29 is 17.9 Å². The van der Waals surface area contributed by atoms with Crippen LogP contribution in [0.2, 0.25) is 0 Å². The van der Waals surface area contributed by atoms with Gasteiger partial charge in [0.25, 0.3) is 0 Å². The third kappa shape index (κ3) is 3.03. The van der Waals surface area contributed by atoms with Gasteiger partial charge in [-0.05, 0) is 30.5 Å². The lowest BCUT2D eigenvalue weighted by molar-refractivity contribution is -0.137. The number of nitrogens with two attached hydrogens (primary N) is 1. The van der Waals surface area contributed by atoms with E-state index in [1.165, 1.54) is 12.1 Å². The molecule has 1 aromatic carbocycles. The van der Waals surface area contributed by atoms with E-state index in [-0.39, 0.29) is 12.0 Å². The van der Waals surface area contributed by atoms with Gasteiger partial charge in [-0.25, -0.2) is 0 Å². The Morgan fingerprint density at radius 2 is 1.89 bits per heavy atom. The lowest BCUT2D eigenvalue weighted by atomic mass is 9.89. The predicted octanol–water partition coefficient (Wildman–Crippen LogP) is 3.13. The van der Waals surface area contributed by atoms with Gasteiger partial charge in [0, 0.05) is 18.6 Å². The minimum Gasteiger partial charge on any atom is -0.381 e. The number of rotatable bonds is 2. The average Bonchev–Trinajstić information content (AvgIpc) is 2.38. The van der Waals surface area contributed by atoms with Crippen molar-refractivity contribution in [3.8, 4) is 0 Å². The maximum atomic E-state index is 12.4. The Balaban J connectivity index is 2.09. The number of ether oxygens (including phenoxy) is 1. The van der Waals surface area contributed by atoms with Gasteiger partial charge in [0.2, 0.25) is 0 Å². The van der Waals surface area contributed by atoms with Crippen molar-refractivity contribution in [2.75, 3.05) is 13.2 Å². The lowest BCUT2D eigenvalue weighted by Gasteiger charge is -2.28. The highest BCUT2D eigenvalue weighted by Crippen LogP contribution is 2.31. The van der Waals surface area contributed by atoms with E-state index in [0.717, 1.165) is 37.1 Å². The van der Waals surface area contributed by atoms with Crippen molar-refractivity contribution in [2.45, 2.75) is 25.1 Å². The molecule has 100 valence electrons. The van der Waals surface area contributed by atoms with Gasteiger partial charge >= 0.3 is 6.18 Å². The van der Waals surface area contributed by atoms with Crippen LogP contribution < -0.4 is 5.73 Å². The van der Waals surface area contributed by atoms with Crippen molar-refractivity contribution in [2.24, 2.45) is 11.7 Å². The molecule has 5 heteroatoms. The summed E-state index contributed by atoms with van der Waals surface area (Å²) in [5, 5.41) is 0. The van der Waals surface area contributed by atoms with Crippen LogP contribution >= 0.6 is 0 Å².